The predicted molar refractivity (Wildman–Crippen MR) is 95.6 cm³/mol. The fraction of sp³-hybridized carbons (Fsp3) is 0.429. The van der Waals surface area contributed by atoms with Crippen molar-refractivity contribution in [3.63, 3.8) is 0 Å². The Morgan fingerprint density at radius 1 is 1.00 bits per heavy atom. The van der Waals surface area contributed by atoms with Crippen molar-refractivity contribution in [1.82, 2.24) is 0 Å². The van der Waals surface area contributed by atoms with Gasteiger partial charge in [-0.15, -0.1) is 0 Å². The lowest BCUT2D eigenvalue weighted by Crippen LogP contribution is -2.34. The van der Waals surface area contributed by atoms with E-state index in [1.54, 1.807) is 0 Å². The highest BCUT2D eigenvalue weighted by Crippen LogP contribution is 2.30. The van der Waals surface area contributed by atoms with Crippen LogP contribution in [0.15, 0.2) is 48.5 Å². The number of para-hydroxylation sites is 1. The third-order valence-electron chi connectivity index (χ3n) is 4.94. The van der Waals surface area contributed by atoms with E-state index in [0.29, 0.717) is 18.6 Å². The number of hydrogen-bond donors (Lipinski definition) is 1. The Labute approximate surface area is 139 Å². The van der Waals surface area contributed by atoms with Crippen molar-refractivity contribution >= 4 is 0 Å². The van der Waals surface area contributed by atoms with Gasteiger partial charge in [0.05, 0.1) is 0 Å². The summed E-state index contributed by atoms with van der Waals surface area (Å²) in [5.41, 5.74) is 10.1. The zero-order valence-corrected chi connectivity index (χ0v) is 14.0. The summed E-state index contributed by atoms with van der Waals surface area (Å²) in [6, 6.07) is 17.3. The molecule has 2 N–H and O–H groups in total. The Balaban J connectivity index is 1.66. The maximum absolute atomic E-state index is 6.32. The van der Waals surface area contributed by atoms with Crippen LogP contribution in [0.2, 0.25) is 0 Å². The van der Waals surface area contributed by atoms with Gasteiger partial charge in [0, 0.05) is 6.04 Å². The molecule has 2 nitrogen and oxygen atoms in total. The first kappa shape index (κ1) is 16.1. The molecule has 0 bridgehead atoms. The molecule has 0 saturated heterocycles. The Bertz CT molecular complexity index is 620. The molecule has 2 heteroatoms. The van der Waals surface area contributed by atoms with Crippen molar-refractivity contribution in [2.75, 3.05) is 0 Å². The molecule has 0 radical (unpaired) electrons. The Morgan fingerprint density at radius 2 is 1.74 bits per heavy atom. The van der Waals surface area contributed by atoms with Crippen LogP contribution in [-0.4, -0.2) is 6.04 Å². The maximum Gasteiger partial charge on any atom is 0.123 e. The topological polar surface area (TPSA) is 35.2 Å². The molecule has 3 rings (SSSR count). The third-order valence-corrected chi connectivity index (χ3v) is 4.94. The standard InChI is InChI=1S/C21H27NO/c1-16-10-12-17(13-11-16)15-23-21-9-5-3-7-19(21)14-18-6-2-4-8-20(18)22/h3,5,7,9-13,18,20H,2,4,6,8,14-15,22H2,1H3. The van der Waals surface area contributed by atoms with Crippen LogP contribution in [0.5, 0.6) is 5.75 Å². The summed E-state index contributed by atoms with van der Waals surface area (Å²) >= 11 is 0. The van der Waals surface area contributed by atoms with Gasteiger partial charge in [-0.1, -0.05) is 60.9 Å². The van der Waals surface area contributed by atoms with Crippen molar-refractivity contribution in [1.29, 1.82) is 0 Å². The molecule has 0 amide bonds. The monoisotopic (exact) mass is 309 g/mol. The molecule has 1 saturated carbocycles. The second-order valence-corrected chi connectivity index (χ2v) is 6.79. The Morgan fingerprint density at radius 3 is 2.52 bits per heavy atom. The van der Waals surface area contributed by atoms with Gasteiger partial charge in [0.25, 0.3) is 0 Å². The van der Waals surface area contributed by atoms with Crippen molar-refractivity contribution in [2.24, 2.45) is 11.7 Å². The number of hydrogen-bond acceptors (Lipinski definition) is 2. The lowest BCUT2D eigenvalue weighted by Gasteiger charge is -2.29. The first-order valence-electron chi connectivity index (χ1n) is 8.74. The molecule has 23 heavy (non-hydrogen) atoms. The van der Waals surface area contributed by atoms with Crippen molar-refractivity contribution in [3.05, 3.63) is 65.2 Å². The normalized spacial score (nSPS) is 21.1. The van der Waals surface area contributed by atoms with Gasteiger partial charge in [-0.3, -0.25) is 0 Å². The summed E-state index contributed by atoms with van der Waals surface area (Å²) in [7, 11) is 0. The quantitative estimate of drug-likeness (QED) is 0.873. The summed E-state index contributed by atoms with van der Waals surface area (Å²) in [4.78, 5) is 0. The fourth-order valence-corrected chi connectivity index (χ4v) is 3.43. The van der Waals surface area contributed by atoms with E-state index in [4.69, 9.17) is 10.5 Å². The smallest absolute Gasteiger partial charge is 0.123 e. The summed E-state index contributed by atoms with van der Waals surface area (Å²) in [6.07, 6.45) is 6.03. The van der Waals surface area contributed by atoms with Gasteiger partial charge < -0.3 is 10.5 Å². The van der Waals surface area contributed by atoms with Gasteiger partial charge in [-0.05, 0) is 49.3 Å². The molecular formula is C21H27NO. The molecular weight excluding hydrogens is 282 g/mol. The molecule has 2 aromatic rings. The van der Waals surface area contributed by atoms with Crippen LogP contribution in [0.25, 0.3) is 0 Å². The summed E-state index contributed by atoms with van der Waals surface area (Å²) in [5, 5.41) is 0. The molecule has 122 valence electrons. The van der Waals surface area contributed by atoms with Crippen molar-refractivity contribution < 1.29 is 4.74 Å². The Hall–Kier alpha value is -1.80. The highest BCUT2D eigenvalue weighted by Gasteiger charge is 2.23. The first-order valence-corrected chi connectivity index (χ1v) is 8.74. The van der Waals surface area contributed by atoms with Crippen LogP contribution in [0.4, 0.5) is 0 Å². The van der Waals surface area contributed by atoms with Crippen LogP contribution in [0.1, 0.15) is 42.4 Å². The van der Waals surface area contributed by atoms with E-state index in [1.807, 2.05) is 0 Å². The van der Waals surface area contributed by atoms with Gasteiger partial charge in [-0.2, -0.15) is 0 Å². The lowest BCUT2D eigenvalue weighted by molar-refractivity contribution is 0.285. The molecule has 1 fully saturated rings. The Kier molecular flexibility index (Phi) is 5.35. The number of ether oxygens (including phenoxy) is 1. The fourth-order valence-electron chi connectivity index (χ4n) is 3.43. The van der Waals surface area contributed by atoms with E-state index in [1.165, 1.54) is 36.0 Å². The van der Waals surface area contributed by atoms with Crippen molar-refractivity contribution in [2.45, 2.75) is 51.7 Å². The van der Waals surface area contributed by atoms with Gasteiger partial charge in [0.15, 0.2) is 0 Å². The predicted octanol–water partition coefficient (Wildman–Crippen LogP) is 4.63. The maximum atomic E-state index is 6.32. The van der Waals surface area contributed by atoms with E-state index < -0.39 is 0 Å². The van der Waals surface area contributed by atoms with Gasteiger partial charge in [0.1, 0.15) is 12.4 Å². The molecule has 0 heterocycles. The summed E-state index contributed by atoms with van der Waals surface area (Å²) in [6.45, 7) is 2.72. The minimum absolute atomic E-state index is 0.342. The van der Waals surface area contributed by atoms with E-state index in [9.17, 15) is 0 Å². The average Bonchev–Trinajstić information content (AvgIpc) is 2.57. The van der Waals surface area contributed by atoms with Crippen LogP contribution < -0.4 is 10.5 Å². The second-order valence-electron chi connectivity index (χ2n) is 6.79. The molecule has 0 spiro atoms. The number of nitrogens with two attached hydrogens (primary N) is 1. The molecule has 1 aliphatic carbocycles. The number of rotatable bonds is 5. The van der Waals surface area contributed by atoms with E-state index in [-0.39, 0.29) is 0 Å². The van der Waals surface area contributed by atoms with Gasteiger partial charge in [-0.25, -0.2) is 0 Å². The summed E-state index contributed by atoms with van der Waals surface area (Å²) in [5.74, 6) is 1.60. The highest BCUT2D eigenvalue weighted by atomic mass is 16.5. The molecule has 1 aliphatic rings. The van der Waals surface area contributed by atoms with Crippen LogP contribution in [-0.2, 0) is 13.0 Å². The van der Waals surface area contributed by atoms with Gasteiger partial charge in [0.2, 0.25) is 0 Å². The average molecular weight is 309 g/mol. The SMILES string of the molecule is Cc1ccc(COc2ccccc2CC2CCCCC2N)cc1. The number of benzene rings is 2. The molecule has 0 aromatic heterocycles. The van der Waals surface area contributed by atoms with Crippen LogP contribution in [0.3, 0.4) is 0 Å². The van der Waals surface area contributed by atoms with E-state index in [0.717, 1.165) is 18.6 Å². The molecule has 0 aliphatic heterocycles. The van der Waals surface area contributed by atoms with E-state index in [2.05, 4.69) is 55.5 Å². The van der Waals surface area contributed by atoms with Crippen LogP contribution >= 0.6 is 0 Å². The molecule has 2 aromatic carbocycles. The first-order chi connectivity index (χ1) is 11.2. The van der Waals surface area contributed by atoms with Crippen LogP contribution in [0, 0.1) is 12.8 Å². The zero-order valence-electron chi connectivity index (χ0n) is 14.0. The third kappa shape index (κ3) is 4.35. The minimum atomic E-state index is 0.342. The minimum Gasteiger partial charge on any atom is -0.489 e. The zero-order chi connectivity index (χ0) is 16.1. The van der Waals surface area contributed by atoms with E-state index >= 15 is 0 Å². The number of aryl methyl sites for hydroxylation is 1. The molecule has 2 unspecified atom stereocenters. The molecule has 2 atom stereocenters. The van der Waals surface area contributed by atoms with Gasteiger partial charge >= 0.3 is 0 Å². The largest absolute Gasteiger partial charge is 0.489 e. The summed E-state index contributed by atoms with van der Waals surface area (Å²) < 4.78 is 6.10. The highest BCUT2D eigenvalue weighted by molar-refractivity contribution is 5.34. The van der Waals surface area contributed by atoms with Crippen molar-refractivity contribution in [3.8, 4) is 5.75 Å². The second kappa shape index (κ2) is 7.65. The lowest BCUT2D eigenvalue weighted by atomic mass is 9.81.